The quantitative estimate of drug-likeness (QED) is 0.571. The number of aromatic nitrogens is 2. The average molecular weight is 420 g/mol. The molecule has 0 bridgehead atoms. The topological polar surface area (TPSA) is 102 Å². The van der Waals surface area contributed by atoms with E-state index in [1.54, 1.807) is 10.9 Å². The van der Waals surface area contributed by atoms with E-state index in [0.29, 0.717) is 5.69 Å². The molecule has 1 heterocycles. The van der Waals surface area contributed by atoms with Gasteiger partial charge in [0.25, 0.3) is 5.91 Å². The molecule has 3 aromatic rings. The second-order valence-corrected chi connectivity index (χ2v) is 7.02. The molecule has 0 unspecified atom stereocenters. The van der Waals surface area contributed by atoms with Gasteiger partial charge in [0, 0.05) is 18.8 Å². The smallest absolute Gasteiger partial charge is 0.342 e. The fourth-order valence-corrected chi connectivity index (χ4v) is 3.04. The number of ether oxygens (including phenoxy) is 1. The molecule has 2 aromatic carbocycles. The van der Waals surface area contributed by atoms with Gasteiger partial charge >= 0.3 is 5.97 Å². The molecule has 0 fully saturated rings. The van der Waals surface area contributed by atoms with Gasteiger partial charge in [-0.2, -0.15) is 5.10 Å². The summed E-state index contributed by atoms with van der Waals surface area (Å²) in [6.07, 6.45) is 1.59. The molecule has 0 saturated heterocycles. The van der Waals surface area contributed by atoms with Crippen LogP contribution in [0.15, 0.2) is 54.7 Å². The van der Waals surface area contributed by atoms with Crippen molar-refractivity contribution in [2.24, 2.45) is 0 Å². The van der Waals surface area contributed by atoms with Crippen molar-refractivity contribution in [2.75, 3.05) is 20.2 Å². The number of amides is 2. The summed E-state index contributed by atoms with van der Waals surface area (Å²) in [5, 5.41) is 9.40. The minimum atomic E-state index is -0.674. The van der Waals surface area contributed by atoms with Crippen molar-refractivity contribution < 1.29 is 19.1 Å². The fraction of sp³-hybridized carbons (Fsp3) is 0.217. The summed E-state index contributed by atoms with van der Waals surface area (Å²) in [7, 11) is 1.47. The molecule has 0 radical (unpaired) electrons. The van der Waals surface area contributed by atoms with Crippen molar-refractivity contribution in [1.29, 1.82) is 0 Å². The van der Waals surface area contributed by atoms with Crippen LogP contribution in [0.3, 0.4) is 0 Å². The Kier molecular flexibility index (Phi) is 6.81. The summed E-state index contributed by atoms with van der Waals surface area (Å²) in [4.78, 5) is 35.9. The lowest BCUT2D eigenvalue weighted by molar-refractivity contribution is -0.127. The van der Waals surface area contributed by atoms with Gasteiger partial charge in [-0.05, 0) is 31.5 Å². The normalized spacial score (nSPS) is 10.4. The number of aryl methyl sites for hydroxylation is 2. The van der Waals surface area contributed by atoms with E-state index in [-0.39, 0.29) is 18.0 Å². The highest BCUT2D eigenvalue weighted by atomic mass is 16.5. The Hall–Kier alpha value is -3.94. The van der Waals surface area contributed by atoms with E-state index < -0.39 is 18.5 Å². The molecular formula is C23H24N4O4. The van der Waals surface area contributed by atoms with E-state index >= 15 is 0 Å². The van der Waals surface area contributed by atoms with Crippen molar-refractivity contribution >= 4 is 17.8 Å². The molecule has 31 heavy (non-hydrogen) atoms. The van der Waals surface area contributed by atoms with E-state index in [0.717, 1.165) is 22.4 Å². The van der Waals surface area contributed by atoms with E-state index in [1.165, 1.54) is 7.05 Å². The maximum absolute atomic E-state index is 12.8. The highest BCUT2D eigenvalue weighted by molar-refractivity contribution is 5.97. The number of nitrogens with zero attached hydrogens (tertiary/aromatic N) is 2. The third-order valence-corrected chi connectivity index (χ3v) is 4.65. The number of carbonyl (C=O) groups is 3. The summed E-state index contributed by atoms with van der Waals surface area (Å²) < 4.78 is 6.80. The van der Waals surface area contributed by atoms with Crippen LogP contribution in [0.25, 0.3) is 16.9 Å². The third-order valence-electron chi connectivity index (χ3n) is 4.65. The van der Waals surface area contributed by atoms with Crippen LogP contribution >= 0.6 is 0 Å². The number of hydrogen-bond donors (Lipinski definition) is 2. The van der Waals surface area contributed by atoms with E-state index in [1.807, 2.05) is 62.4 Å². The first-order chi connectivity index (χ1) is 14.9. The first-order valence-corrected chi connectivity index (χ1v) is 9.76. The minimum Gasteiger partial charge on any atom is -0.452 e. The van der Waals surface area contributed by atoms with E-state index in [9.17, 15) is 14.4 Å². The number of nitrogens with one attached hydrogen (secondary N) is 2. The molecule has 160 valence electrons. The molecular weight excluding hydrogens is 396 g/mol. The molecule has 2 amide bonds. The maximum Gasteiger partial charge on any atom is 0.342 e. The van der Waals surface area contributed by atoms with Crippen LogP contribution in [0.4, 0.5) is 0 Å². The zero-order valence-corrected chi connectivity index (χ0v) is 17.6. The third kappa shape index (κ3) is 5.36. The predicted octanol–water partition coefficient (Wildman–Crippen LogP) is 2.18. The Morgan fingerprint density at radius 2 is 1.77 bits per heavy atom. The first-order valence-electron chi connectivity index (χ1n) is 9.76. The Morgan fingerprint density at radius 3 is 2.45 bits per heavy atom. The molecule has 8 nitrogen and oxygen atoms in total. The molecule has 2 N–H and O–H groups in total. The standard InChI is InChI=1S/C23H24N4O4/c1-15-9-10-18(16(2)11-15)22-19(13-27(26-22)17-7-5-4-6-8-17)23(30)31-14-21(29)25-12-20(28)24-3/h4-11,13H,12,14H2,1-3H3,(H,24,28)(H,25,29). The zero-order valence-electron chi connectivity index (χ0n) is 17.6. The fourth-order valence-electron chi connectivity index (χ4n) is 3.04. The highest BCUT2D eigenvalue weighted by Crippen LogP contribution is 2.28. The number of para-hydroxylation sites is 1. The lowest BCUT2D eigenvalue weighted by atomic mass is 10.0. The Labute approximate surface area is 180 Å². The van der Waals surface area contributed by atoms with Gasteiger partial charge in [0.15, 0.2) is 6.61 Å². The van der Waals surface area contributed by atoms with Crippen LogP contribution in [-0.4, -0.2) is 47.8 Å². The van der Waals surface area contributed by atoms with Crippen molar-refractivity contribution in [3.05, 3.63) is 71.4 Å². The average Bonchev–Trinajstić information content (AvgIpc) is 3.21. The number of likely N-dealkylation sites (N-methyl/N-ethyl adjacent to an activating group) is 1. The van der Waals surface area contributed by atoms with Crippen LogP contribution in [0, 0.1) is 13.8 Å². The molecule has 3 rings (SSSR count). The Bertz CT molecular complexity index is 1110. The van der Waals surface area contributed by atoms with Crippen LogP contribution in [0.1, 0.15) is 21.5 Å². The van der Waals surface area contributed by atoms with Crippen LogP contribution in [-0.2, 0) is 14.3 Å². The zero-order chi connectivity index (χ0) is 22.4. The number of esters is 1. The van der Waals surface area contributed by atoms with Crippen LogP contribution in [0.5, 0.6) is 0 Å². The van der Waals surface area contributed by atoms with Gasteiger partial charge in [0.05, 0.1) is 12.2 Å². The number of carbonyl (C=O) groups excluding carboxylic acids is 3. The number of rotatable bonds is 7. The van der Waals surface area contributed by atoms with Gasteiger partial charge < -0.3 is 15.4 Å². The summed E-state index contributed by atoms with van der Waals surface area (Å²) in [5.74, 6) is -1.59. The van der Waals surface area contributed by atoms with Gasteiger partial charge in [0.2, 0.25) is 5.91 Å². The van der Waals surface area contributed by atoms with Gasteiger partial charge in [-0.1, -0.05) is 42.0 Å². The second-order valence-electron chi connectivity index (χ2n) is 7.02. The molecule has 0 aliphatic heterocycles. The largest absolute Gasteiger partial charge is 0.452 e. The van der Waals surface area contributed by atoms with Gasteiger partial charge in [-0.3, -0.25) is 9.59 Å². The Morgan fingerprint density at radius 1 is 1.03 bits per heavy atom. The number of hydrogen-bond acceptors (Lipinski definition) is 5. The summed E-state index contributed by atoms with van der Waals surface area (Å²) in [6.45, 7) is 3.25. The van der Waals surface area contributed by atoms with Crippen LogP contribution < -0.4 is 10.6 Å². The molecule has 0 saturated carbocycles. The monoisotopic (exact) mass is 420 g/mol. The van der Waals surface area contributed by atoms with E-state index in [2.05, 4.69) is 15.7 Å². The van der Waals surface area contributed by atoms with Gasteiger partial charge in [0.1, 0.15) is 11.3 Å². The molecule has 1 aromatic heterocycles. The van der Waals surface area contributed by atoms with Crippen molar-refractivity contribution in [1.82, 2.24) is 20.4 Å². The molecule has 0 aliphatic carbocycles. The summed E-state index contributed by atoms with van der Waals surface area (Å²) >= 11 is 0. The lowest BCUT2D eigenvalue weighted by Crippen LogP contribution is -2.37. The number of benzene rings is 2. The summed E-state index contributed by atoms with van der Waals surface area (Å²) in [6, 6.07) is 15.3. The molecule has 0 aliphatic rings. The van der Waals surface area contributed by atoms with Crippen LogP contribution in [0.2, 0.25) is 0 Å². The minimum absolute atomic E-state index is 0.188. The van der Waals surface area contributed by atoms with Gasteiger partial charge in [-0.15, -0.1) is 0 Å². The first kappa shape index (κ1) is 21.8. The van der Waals surface area contributed by atoms with Gasteiger partial charge in [-0.25, -0.2) is 9.48 Å². The highest BCUT2D eigenvalue weighted by Gasteiger charge is 2.22. The molecule has 8 heteroatoms. The SMILES string of the molecule is CNC(=O)CNC(=O)COC(=O)c1cn(-c2ccccc2)nc1-c1ccc(C)cc1C. The lowest BCUT2D eigenvalue weighted by Gasteiger charge is -2.08. The maximum atomic E-state index is 12.8. The molecule has 0 atom stereocenters. The predicted molar refractivity (Wildman–Crippen MR) is 116 cm³/mol. The summed E-state index contributed by atoms with van der Waals surface area (Å²) in [5.41, 5.74) is 4.37. The van der Waals surface area contributed by atoms with Crippen molar-refractivity contribution in [3.63, 3.8) is 0 Å². The Balaban J connectivity index is 1.87. The second kappa shape index (κ2) is 9.71. The molecule has 0 spiro atoms. The van der Waals surface area contributed by atoms with Crippen molar-refractivity contribution in [2.45, 2.75) is 13.8 Å². The van der Waals surface area contributed by atoms with Crippen molar-refractivity contribution in [3.8, 4) is 16.9 Å². The van der Waals surface area contributed by atoms with E-state index in [4.69, 9.17) is 4.74 Å².